The molecular weight excluding hydrogens is 395 g/mol. The Labute approximate surface area is 163 Å². The second kappa shape index (κ2) is 8.02. The fraction of sp³-hybridized carbons (Fsp3) is 0.211. The summed E-state index contributed by atoms with van der Waals surface area (Å²) in [5, 5.41) is 7.03. The molecule has 0 aliphatic rings. The molecule has 9 heteroatoms. The highest BCUT2D eigenvalue weighted by molar-refractivity contribution is 6.30. The van der Waals surface area contributed by atoms with Crippen LogP contribution in [0.2, 0.25) is 5.02 Å². The summed E-state index contributed by atoms with van der Waals surface area (Å²) in [6.07, 6.45) is -4.23. The predicted molar refractivity (Wildman–Crippen MR) is 97.9 cm³/mol. The van der Waals surface area contributed by atoms with Crippen molar-refractivity contribution in [2.45, 2.75) is 25.9 Å². The van der Waals surface area contributed by atoms with Crippen LogP contribution >= 0.6 is 11.6 Å². The quantitative estimate of drug-likeness (QED) is 0.621. The SMILES string of the molecule is Cc1cc(Cl)ccc1NC(=O)CCc1nc(-c2cccc(C(F)(F)F)c2)no1. The second-order valence-electron chi connectivity index (χ2n) is 6.10. The zero-order valence-corrected chi connectivity index (χ0v) is 15.4. The van der Waals surface area contributed by atoms with Gasteiger partial charge < -0.3 is 9.84 Å². The number of alkyl halides is 3. The van der Waals surface area contributed by atoms with Crippen LogP contribution in [0.1, 0.15) is 23.4 Å². The number of carbonyl (C=O) groups excluding carboxylic acids is 1. The molecule has 0 bridgehead atoms. The summed E-state index contributed by atoms with van der Waals surface area (Å²) in [6, 6.07) is 9.75. The lowest BCUT2D eigenvalue weighted by Crippen LogP contribution is -2.13. The fourth-order valence-electron chi connectivity index (χ4n) is 2.51. The van der Waals surface area contributed by atoms with E-state index in [4.69, 9.17) is 16.1 Å². The molecule has 0 saturated heterocycles. The van der Waals surface area contributed by atoms with Crippen molar-refractivity contribution in [3.8, 4) is 11.4 Å². The highest BCUT2D eigenvalue weighted by Gasteiger charge is 2.30. The molecule has 0 saturated carbocycles. The molecule has 1 N–H and O–H groups in total. The zero-order valence-electron chi connectivity index (χ0n) is 14.7. The van der Waals surface area contributed by atoms with Crippen LogP contribution in [0.25, 0.3) is 11.4 Å². The summed E-state index contributed by atoms with van der Waals surface area (Å²) in [5.74, 6) is -0.0605. The Bertz CT molecular complexity index is 1000. The number of carbonyl (C=O) groups is 1. The van der Waals surface area contributed by atoms with E-state index in [1.54, 1.807) is 18.2 Å². The lowest BCUT2D eigenvalue weighted by atomic mass is 10.1. The number of nitrogens with zero attached hydrogens (tertiary/aromatic N) is 2. The molecule has 3 aromatic rings. The van der Waals surface area contributed by atoms with Crippen LogP contribution < -0.4 is 5.32 Å². The predicted octanol–water partition coefficient (Wildman–Crippen LogP) is 5.29. The third kappa shape index (κ3) is 4.89. The van der Waals surface area contributed by atoms with Crippen molar-refractivity contribution in [1.82, 2.24) is 10.1 Å². The Morgan fingerprint density at radius 3 is 2.71 bits per heavy atom. The molecule has 1 heterocycles. The summed E-state index contributed by atoms with van der Waals surface area (Å²) >= 11 is 5.88. The first-order valence-electron chi connectivity index (χ1n) is 8.28. The maximum absolute atomic E-state index is 12.8. The highest BCUT2D eigenvalue weighted by Crippen LogP contribution is 2.31. The van der Waals surface area contributed by atoms with E-state index in [2.05, 4.69) is 15.5 Å². The van der Waals surface area contributed by atoms with Crippen molar-refractivity contribution in [2.75, 3.05) is 5.32 Å². The van der Waals surface area contributed by atoms with E-state index >= 15 is 0 Å². The van der Waals surface area contributed by atoms with Gasteiger partial charge in [-0.05, 0) is 42.8 Å². The Morgan fingerprint density at radius 2 is 2.00 bits per heavy atom. The summed E-state index contributed by atoms with van der Waals surface area (Å²) in [4.78, 5) is 16.2. The second-order valence-corrected chi connectivity index (χ2v) is 6.53. The lowest BCUT2D eigenvalue weighted by Gasteiger charge is -2.07. The van der Waals surface area contributed by atoms with Crippen LogP contribution in [0.4, 0.5) is 18.9 Å². The van der Waals surface area contributed by atoms with Gasteiger partial charge in [0.15, 0.2) is 0 Å². The lowest BCUT2D eigenvalue weighted by molar-refractivity contribution is -0.137. The van der Waals surface area contributed by atoms with E-state index in [0.29, 0.717) is 10.7 Å². The molecule has 0 aliphatic carbocycles. The molecule has 0 fully saturated rings. The molecule has 0 unspecified atom stereocenters. The van der Waals surface area contributed by atoms with Gasteiger partial charge in [-0.15, -0.1) is 0 Å². The van der Waals surface area contributed by atoms with E-state index in [1.807, 2.05) is 6.92 Å². The Hall–Kier alpha value is -2.87. The van der Waals surface area contributed by atoms with Gasteiger partial charge >= 0.3 is 6.18 Å². The number of nitrogens with one attached hydrogen (secondary N) is 1. The maximum atomic E-state index is 12.8. The summed E-state index contributed by atoms with van der Waals surface area (Å²) in [5.41, 5.74) is 0.857. The number of aromatic nitrogens is 2. The van der Waals surface area contributed by atoms with Gasteiger partial charge in [-0.3, -0.25) is 4.79 Å². The van der Waals surface area contributed by atoms with E-state index in [0.717, 1.165) is 17.7 Å². The van der Waals surface area contributed by atoms with Gasteiger partial charge in [0.1, 0.15) is 0 Å². The first-order valence-corrected chi connectivity index (χ1v) is 8.66. The normalized spacial score (nSPS) is 11.5. The fourth-order valence-corrected chi connectivity index (χ4v) is 2.74. The van der Waals surface area contributed by atoms with Crippen molar-refractivity contribution in [2.24, 2.45) is 0 Å². The minimum atomic E-state index is -4.46. The monoisotopic (exact) mass is 409 g/mol. The van der Waals surface area contributed by atoms with Crippen molar-refractivity contribution in [3.05, 3.63) is 64.5 Å². The van der Waals surface area contributed by atoms with Crippen molar-refractivity contribution in [1.29, 1.82) is 0 Å². The first-order chi connectivity index (χ1) is 13.2. The molecule has 0 aliphatic heterocycles. The molecule has 28 heavy (non-hydrogen) atoms. The van der Waals surface area contributed by atoms with Crippen molar-refractivity contribution >= 4 is 23.2 Å². The smallest absolute Gasteiger partial charge is 0.339 e. The van der Waals surface area contributed by atoms with Crippen LogP contribution in [0.15, 0.2) is 47.0 Å². The largest absolute Gasteiger partial charge is 0.416 e. The van der Waals surface area contributed by atoms with Crippen molar-refractivity contribution < 1.29 is 22.5 Å². The average Bonchev–Trinajstić information content (AvgIpc) is 3.11. The third-order valence-corrected chi connectivity index (χ3v) is 4.18. The highest BCUT2D eigenvalue weighted by atomic mass is 35.5. The first kappa shape index (κ1) is 19.9. The van der Waals surface area contributed by atoms with E-state index in [9.17, 15) is 18.0 Å². The Morgan fingerprint density at radius 1 is 1.21 bits per heavy atom. The van der Waals surface area contributed by atoms with Gasteiger partial charge in [0.25, 0.3) is 0 Å². The molecular formula is C19H15ClF3N3O2. The van der Waals surface area contributed by atoms with Crippen molar-refractivity contribution in [3.63, 3.8) is 0 Å². The number of hydrogen-bond donors (Lipinski definition) is 1. The van der Waals surface area contributed by atoms with E-state index < -0.39 is 11.7 Å². The van der Waals surface area contributed by atoms with Crippen LogP contribution in [-0.4, -0.2) is 16.0 Å². The van der Waals surface area contributed by atoms with Crippen LogP contribution in [-0.2, 0) is 17.4 Å². The number of benzene rings is 2. The van der Waals surface area contributed by atoms with E-state index in [1.165, 1.54) is 12.1 Å². The molecule has 146 valence electrons. The number of amides is 1. The molecule has 3 rings (SSSR count). The van der Waals surface area contributed by atoms with Crippen LogP contribution in [0.5, 0.6) is 0 Å². The number of halogens is 4. The maximum Gasteiger partial charge on any atom is 0.416 e. The topological polar surface area (TPSA) is 68.0 Å². The van der Waals surface area contributed by atoms with Gasteiger partial charge in [0.05, 0.1) is 5.56 Å². The van der Waals surface area contributed by atoms with Gasteiger partial charge in [-0.2, -0.15) is 18.2 Å². The molecule has 1 amide bonds. The zero-order chi connectivity index (χ0) is 20.3. The van der Waals surface area contributed by atoms with Gasteiger partial charge in [0, 0.05) is 29.1 Å². The summed E-state index contributed by atoms with van der Waals surface area (Å²) < 4.78 is 43.5. The molecule has 0 radical (unpaired) electrons. The number of anilines is 1. The summed E-state index contributed by atoms with van der Waals surface area (Å²) in [6.45, 7) is 1.82. The number of aryl methyl sites for hydroxylation is 2. The van der Waals surface area contributed by atoms with Crippen LogP contribution in [0, 0.1) is 6.92 Å². The molecule has 5 nitrogen and oxygen atoms in total. The van der Waals surface area contributed by atoms with Gasteiger partial charge in [-0.25, -0.2) is 0 Å². The minimum absolute atomic E-state index is 0.0371. The minimum Gasteiger partial charge on any atom is -0.339 e. The standard InChI is InChI=1S/C19H15ClF3N3O2/c1-11-9-14(20)5-6-15(11)24-16(27)7-8-17-25-18(26-28-17)12-3-2-4-13(10-12)19(21,22)23/h2-6,9-10H,7-8H2,1H3,(H,24,27). The average molecular weight is 410 g/mol. The molecule has 0 spiro atoms. The Balaban J connectivity index is 1.63. The molecule has 2 aromatic carbocycles. The Kier molecular flexibility index (Phi) is 5.69. The number of rotatable bonds is 5. The summed E-state index contributed by atoms with van der Waals surface area (Å²) in [7, 11) is 0. The molecule has 1 aromatic heterocycles. The number of hydrogen-bond acceptors (Lipinski definition) is 4. The third-order valence-electron chi connectivity index (χ3n) is 3.94. The van der Waals surface area contributed by atoms with Gasteiger partial charge in [-0.1, -0.05) is 28.9 Å². The van der Waals surface area contributed by atoms with E-state index in [-0.39, 0.29) is 36.0 Å². The molecule has 0 atom stereocenters. The van der Waals surface area contributed by atoms with Gasteiger partial charge in [0.2, 0.25) is 17.6 Å². The van der Waals surface area contributed by atoms with Crippen LogP contribution in [0.3, 0.4) is 0 Å².